The van der Waals surface area contributed by atoms with Gasteiger partial charge in [0.15, 0.2) is 0 Å². The summed E-state index contributed by atoms with van der Waals surface area (Å²) in [5.41, 5.74) is 4.60. The SMILES string of the molecule is COC1CCN(Cc2cc(NN)ccn2)CC1. The molecule has 0 aliphatic carbocycles. The van der Waals surface area contributed by atoms with Gasteiger partial charge in [-0.3, -0.25) is 15.7 Å². The van der Waals surface area contributed by atoms with E-state index >= 15 is 0 Å². The molecule has 2 heterocycles. The van der Waals surface area contributed by atoms with Crippen molar-refractivity contribution in [1.29, 1.82) is 0 Å². The highest BCUT2D eigenvalue weighted by Gasteiger charge is 2.18. The Morgan fingerprint density at radius 1 is 1.53 bits per heavy atom. The molecule has 1 saturated heterocycles. The smallest absolute Gasteiger partial charge is 0.0595 e. The molecule has 0 atom stereocenters. The van der Waals surface area contributed by atoms with Crippen LogP contribution in [0.5, 0.6) is 0 Å². The second-order valence-electron chi connectivity index (χ2n) is 4.39. The third kappa shape index (κ3) is 3.39. The highest BCUT2D eigenvalue weighted by Crippen LogP contribution is 2.16. The Labute approximate surface area is 102 Å². The second kappa shape index (κ2) is 5.95. The predicted molar refractivity (Wildman–Crippen MR) is 67.4 cm³/mol. The molecule has 3 N–H and O–H groups in total. The summed E-state index contributed by atoms with van der Waals surface area (Å²) in [6.07, 6.45) is 4.42. The van der Waals surface area contributed by atoms with Crippen molar-refractivity contribution in [2.24, 2.45) is 5.84 Å². The van der Waals surface area contributed by atoms with Gasteiger partial charge in [-0.1, -0.05) is 0 Å². The Morgan fingerprint density at radius 3 is 2.94 bits per heavy atom. The van der Waals surface area contributed by atoms with Gasteiger partial charge in [-0.25, -0.2) is 0 Å². The number of methoxy groups -OCH3 is 1. The lowest BCUT2D eigenvalue weighted by atomic mass is 10.1. The number of piperidine rings is 1. The first-order chi connectivity index (χ1) is 8.31. The molecule has 1 aromatic rings. The lowest BCUT2D eigenvalue weighted by molar-refractivity contribution is 0.0385. The quantitative estimate of drug-likeness (QED) is 0.602. The number of rotatable bonds is 4. The largest absolute Gasteiger partial charge is 0.381 e. The fraction of sp³-hybridized carbons (Fsp3) is 0.583. The van der Waals surface area contributed by atoms with Crippen LogP contribution in [-0.2, 0) is 11.3 Å². The zero-order valence-corrected chi connectivity index (χ0v) is 10.2. The van der Waals surface area contributed by atoms with E-state index in [0.29, 0.717) is 6.10 Å². The molecule has 94 valence electrons. The number of hydrogen-bond acceptors (Lipinski definition) is 5. The number of aromatic nitrogens is 1. The third-order valence-electron chi connectivity index (χ3n) is 3.24. The molecule has 1 aliphatic rings. The standard InChI is InChI=1S/C12H20N4O/c1-17-12-3-6-16(7-4-12)9-11-8-10(15-13)2-5-14-11/h2,5,8,12H,3-4,6-7,9,13H2,1H3,(H,14,15). The molecule has 5 nitrogen and oxygen atoms in total. The first-order valence-electron chi connectivity index (χ1n) is 5.98. The molecule has 1 fully saturated rings. The van der Waals surface area contributed by atoms with Gasteiger partial charge in [0.05, 0.1) is 17.5 Å². The van der Waals surface area contributed by atoms with E-state index in [2.05, 4.69) is 15.3 Å². The molecule has 5 heteroatoms. The fourth-order valence-corrected chi connectivity index (χ4v) is 2.19. The van der Waals surface area contributed by atoms with Crippen molar-refractivity contribution in [3.8, 4) is 0 Å². The van der Waals surface area contributed by atoms with E-state index in [1.165, 1.54) is 0 Å². The maximum Gasteiger partial charge on any atom is 0.0595 e. The molecule has 0 aromatic carbocycles. The van der Waals surface area contributed by atoms with Crippen LogP contribution < -0.4 is 11.3 Å². The van der Waals surface area contributed by atoms with Crippen LogP contribution >= 0.6 is 0 Å². The van der Waals surface area contributed by atoms with Crippen molar-refractivity contribution in [3.05, 3.63) is 24.0 Å². The van der Waals surface area contributed by atoms with Gasteiger partial charge in [-0.15, -0.1) is 0 Å². The highest BCUT2D eigenvalue weighted by molar-refractivity contribution is 5.41. The summed E-state index contributed by atoms with van der Waals surface area (Å²) in [6, 6.07) is 3.85. The molecule has 0 amide bonds. The van der Waals surface area contributed by atoms with Crippen molar-refractivity contribution in [3.63, 3.8) is 0 Å². The van der Waals surface area contributed by atoms with Crippen LogP contribution in [0.3, 0.4) is 0 Å². The Balaban J connectivity index is 1.88. The van der Waals surface area contributed by atoms with Crippen LogP contribution in [-0.4, -0.2) is 36.2 Å². The van der Waals surface area contributed by atoms with E-state index in [1.54, 1.807) is 13.3 Å². The molecule has 0 saturated carbocycles. The number of hydrogen-bond donors (Lipinski definition) is 2. The molecule has 1 aromatic heterocycles. The van der Waals surface area contributed by atoms with E-state index < -0.39 is 0 Å². The molecular formula is C12H20N4O. The normalized spacial score (nSPS) is 18.2. The number of nitrogens with one attached hydrogen (secondary N) is 1. The zero-order chi connectivity index (χ0) is 12.1. The van der Waals surface area contributed by atoms with Crippen LogP contribution in [0, 0.1) is 0 Å². The van der Waals surface area contributed by atoms with E-state index in [-0.39, 0.29) is 0 Å². The number of nitrogen functional groups attached to an aromatic ring is 1. The monoisotopic (exact) mass is 236 g/mol. The van der Waals surface area contributed by atoms with Gasteiger partial charge in [0, 0.05) is 32.9 Å². The van der Waals surface area contributed by atoms with Gasteiger partial charge in [0.2, 0.25) is 0 Å². The molecule has 0 spiro atoms. The summed E-state index contributed by atoms with van der Waals surface area (Å²) >= 11 is 0. The highest BCUT2D eigenvalue weighted by atomic mass is 16.5. The van der Waals surface area contributed by atoms with Gasteiger partial charge < -0.3 is 10.2 Å². The lowest BCUT2D eigenvalue weighted by Crippen LogP contribution is -2.36. The Bertz CT molecular complexity index is 350. The van der Waals surface area contributed by atoms with Crippen molar-refractivity contribution in [2.45, 2.75) is 25.5 Å². The third-order valence-corrected chi connectivity index (χ3v) is 3.24. The molecule has 0 radical (unpaired) electrons. The van der Waals surface area contributed by atoms with Crippen LogP contribution in [0.1, 0.15) is 18.5 Å². The molecular weight excluding hydrogens is 216 g/mol. The van der Waals surface area contributed by atoms with Crippen LogP contribution in [0.25, 0.3) is 0 Å². The number of nitrogens with zero attached hydrogens (tertiary/aromatic N) is 2. The average Bonchev–Trinajstić information content (AvgIpc) is 2.40. The van der Waals surface area contributed by atoms with E-state index in [1.807, 2.05) is 12.1 Å². The Kier molecular flexibility index (Phi) is 4.30. The minimum atomic E-state index is 0.427. The Hall–Kier alpha value is -1.17. The van der Waals surface area contributed by atoms with Gasteiger partial charge >= 0.3 is 0 Å². The maximum absolute atomic E-state index is 5.38. The van der Waals surface area contributed by atoms with E-state index in [0.717, 1.165) is 43.9 Å². The van der Waals surface area contributed by atoms with Gasteiger partial charge in [0.25, 0.3) is 0 Å². The summed E-state index contributed by atoms with van der Waals surface area (Å²) in [5.74, 6) is 5.38. The molecule has 0 bridgehead atoms. The zero-order valence-electron chi connectivity index (χ0n) is 10.2. The predicted octanol–water partition coefficient (Wildman–Crippen LogP) is 0.978. The number of anilines is 1. The van der Waals surface area contributed by atoms with E-state index in [9.17, 15) is 0 Å². The van der Waals surface area contributed by atoms with Crippen molar-refractivity contribution in [1.82, 2.24) is 9.88 Å². The van der Waals surface area contributed by atoms with Crippen molar-refractivity contribution < 1.29 is 4.74 Å². The first-order valence-corrected chi connectivity index (χ1v) is 5.98. The van der Waals surface area contributed by atoms with Gasteiger partial charge in [-0.2, -0.15) is 0 Å². The second-order valence-corrected chi connectivity index (χ2v) is 4.39. The van der Waals surface area contributed by atoms with Crippen LogP contribution in [0.15, 0.2) is 18.3 Å². The topological polar surface area (TPSA) is 63.4 Å². The van der Waals surface area contributed by atoms with Crippen LogP contribution in [0.4, 0.5) is 5.69 Å². The van der Waals surface area contributed by atoms with Crippen LogP contribution in [0.2, 0.25) is 0 Å². The minimum Gasteiger partial charge on any atom is -0.381 e. The minimum absolute atomic E-state index is 0.427. The van der Waals surface area contributed by atoms with Gasteiger partial charge in [-0.05, 0) is 25.0 Å². The molecule has 17 heavy (non-hydrogen) atoms. The summed E-state index contributed by atoms with van der Waals surface area (Å²) in [7, 11) is 1.79. The van der Waals surface area contributed by atoms with Gasteiger partial charge in [0.1, 0.15) is 0 Å². The lowest BCUT2D eigenvalue weighted by Gasteiger charge is -2.30. The fourth-order valence-electron chi connectivity index (χ4n) is 2.19. The summed E-state index contributed by atoms with van der Waals surface area (Å²) in [6.45, 7) is 3.02. The number of ether oxygens (including phenoxy) is 1. The maximum atomic E-state index is 5.38. The first kappa shape index (κ1) is 12.3. The summed E-state index contributed by atoms with van der Waals surface area (Å²) in [4.78, 5) is 6.75. The number of pyridine rings is 1. The molecule has 2 rings (SSSR count). The summed E-state index contributed by atoms with van der Waals surface area (Å²) in [5, 5.41) is 0. The summed E-state index contributed by atoms with van der Waals surface area (Å²) < 4.78 is 5.36. The van der Waals surface area contributed by atoms with Crippen molar-refractivity contribution >= 4 is 5.69 Å². The molecule has 0 unspecified atom stereocenters. The van der Waals surface area contributed by atoms with Crippen molar-refractivity contribution in [2.75, 3.05) is 25.6 Å². The number of hydrazine groups is 1. The number of likely N-dealkylation sites (tertiary alicyclic amines) is 1. The molecule has 1 aliphatic heterocycles. The average molecular weight is 236 g/mol. The van der Waals surface area contributed by atoms with E-state index in [4.69, 9.17) is 10.6 Å². The Morgan fingerprint density at radius 2 is 2.29 bits per heavy atom. The number of nitrogens with two attached hydrogens (primary N) is 1.